The Morgan fingerprint density at radius 2 is 2.08 bits per heavy atom. The van der Waals surface area contributed by atoms with E-state index in [9.17, 15) is 13.2 Å². The second-order valence-corrected chi connectivity index (χ2v) is 8.26. The first kappa shape index (κ1) is 18.6. The average molecular weight is 377 g/mol. The van der Waals surface area contributed by atoms with E-state index in [4.69, 9.17) is 0 Å². The highest BCUT2D eigenvalue weighted by Gasteiger charge is 2.17. The fourth-order valence-corrected chi connectivity index (χ4v) is 3.27. The predicted molar refractivity (Wildman–Crippen MR) is 99.4 cm³/mol. The third-order valence-corrected chi connectivity index (χ3v) is 4.90. The molecule has 2 heterocycles. The van der Waals surface area contributed by atoms with Crippen molar-refractivity contribution in [2.45, 2.75) is 25.4 Å². The summed E-state index contributed by atoms with van der Waals surface area (Å²) in [5.74, 6) is -0.269. The summed E-state index contributed by atoms with van der Waals surface area (Å²) < 4.78 is 26.5. The standard InChI is InChI=1S/C17H23N5O3S/c1-26(24,25)19-11-13-4-6-14(7-5-13)20-17(23)16-8-10-22(21-16)15-3-2-9-18-12-15/h4-8,10,15,18-19H,2-3,9,11-12H2,1H3,(H,20,23). The Kier molecular flexibility index (Phi) is 5.70. The van der Waals surface area contributed by atoms with Gasteiger partial charge in [-0.25, -0.2) is 13.1 Å². The summed E-state index contributed by atoms with van der Waals surface area (Å²) in [5.41, 5.74) is 1.81. The molecule has 3 N–H and O–H groups in total. The van der Waals surface area contributed by atoms with Crippen molar-refractivity contribution in [3.05, 3.63) is 47.8 Å². The molecule has 1 aliphatic heterocycles. The molecule has 2 aromatic rings. The molecule has 1 aromatic carbocycles. The number of carbonyl (C=O) groups is 1. The van der Waals surface area contributed by atoms with E-state index in [-0.39, 0.29) is 18.5 Å². The summed E-state index contributed by atoms with van der Waals surface area (Å²) in [5, 5.41) is 10.5. The summed E-state index contributed by atoms with van der Waals surface area (Å²) in [6.45, 7) is 2.11. The van der Waals surface area contributed by atoms with Gasteiger partial charge in [-0.2, -0.15) is 5.10 Å². The minimum absolute atomic E-state index is 0.215. The van der Waals surface area contributed by atoms with Crippen LogP contribution in [-0.2, 0) is 16.6 Å². The van der Waals surface area contributed by atoms with Gasteiger partial charge >= 0.3 is 0 Å². The first-order valence-electron chi connectivity index (χ1n) is 8.51. The first-order valence-corrected chi connectivity index (χ1v) is 10.4. The van der Waals surface area contributed by atoms with E-state index in [1.807, 2.05) is 10.9 Å². The average Bonchev–Trinajstić information content (AvgIpc) is 3.11. The van der Waals surface area contributed by atoms with Crippen LogP contribution in [0.5, 0.6) is 0 Å². The zero-order chi connectivity index (χ0) is 18.6. The van der Waals surface area contributed by atoms with Crippen molar-refractivity contribution in [3.8, 4) is 0 Å². The van der Waals surface area contributed by atoms with Crippen molar-refractivity contribution >= 4 is 21.6 Å². The molecule has 1 aromatic heterocycles. The molecule has 3 rings (SSSR count). The predicted octanol–water partition coefficient (Wildman–Crippen LogP) is 1.11. The molecular formula is C17H23N5O3S. The summed E-state index contributed by atoms with van der Waals surface area (Å²) in [6.07, 6.45) is 5.11. The molecule has 1 unspecified atom stereocenters. The van der Waals surface area contributed by atoms with E-state index in [1.165, 1.54) is 0 Å². The number of aromatic nitrogens is 2. The van der Waals surface area contributed by atoms with Crippen LogP contribution in [0.1, 0.15) is 34.9 Å². The molecule has 8 nitrogen and oxygen atoms in total. The van der Waals surface area contributed by atoms with Gasteiger partial charge in [0.15, 0.2) is 5.69 Å². The van der Waals surface area contributed by atoms with Crippen molar-refractivity contribution < 1.29 is 13.2 Å². The number of amides is 1. The Morgan fingerprint density at radius 3 is 2.73 bits per heavy atom. The van der Waals surface area contributed by atoms with Gasteiger partial charge < -0.3 is 10.6 Å². The molecule has 1 amide bonds. The van der Waals surface area contributed by atoms with Gasteiger partial charge in [0.2, 0.25) is 10.0 Å². The second kappa shape index (κ2) is 7.98. The third-order valence-electron chi connectivity index (χ3n) is 4.24. The molecule has 1 aliphatic rings. The number of benzene rings is 1. The van der Waals surface area contributed by atoms with Crippen LogP contribution in [0.3, 0.4) is 0 Å². The maximum atomic E-state index is 12.4. The molecule has 26 heavy (non-hydrogen) atoms. The number of nitrogens with one attached hydrogen (secondary N) is 3. The molecule has 0 saturated carbocycles. The highest BCUT2D eigenvalue weighted by Crippen LogP contribution is 2.16. The number of piperidine rings is 1. The lowest BCUT2D eigenvalue weighted by Crippen LogP contribution is -2.32. The number of nitrogens with zero attached hydrogens (tertiary/aromatic N) is 2. The number of hydrogen-bond donors (Lipinski definition) is 3. The number of hydrogen-bond acceptors (Lipinski definition) is 5. The van der Waals surface area contributed by atoms with Crippen LogP contribution in [0.2, 0.25) is 0 Å². The number of sulfonamides is 1. The lowest BCUT2D eigenvalue weighted by molar-refractivity contribution is 0.102. The van der Waals surface area contributed by atoms with Crippen molar-refractivity contribution in [1.29, 1.82) is 0 Å². The Hall–Kier alpha value is -2.23. The smallest absolute Gasteiger partial charge is 0.276 e. The number of rotatable bonds is 6. The van der Waals surface area contributed by atoms with Gasteiger partial charge in [0, 0.05) is 25.0 Å². The molecular weight excluding hydrogens is 354 g/mol. The summed E-state index contributed by atoms with van der Waals surface area (Å²) in [7, 11) is -3.23. The molecule has 1 fully saturated rings. The van der Waals surface area contributed by atoms with Crippen LogP contribution in [0, 0.1) is 0 Å². The van der Waals surface area contributed by atoms with Crippen LogP contribution < -0.4 is 15.4 Å². The molecule has 0 spiro atoms. The molecule has 0 bridgehead atoms. The number of carbonyl (C=O) groups excluding carboxylic acids is 1. The van der Waals surface area contributed by atoms with Crippen LogP contribution in [0.25, 0.3) is 0 Å². The van der Waals surface area contributed by atoms with E-state index in [2.05, 4.69) is 20.5 Å². The fourth-order valence-electron chi connectivity index (χ4n) is 2.84. The Balaban J connectivity index is 1.58. The maximum Gasteiger partial charge on any atom is 0.276 e. The lowest BCUT2D eigenvalue weighted by atomic mass is 10.1. The molecule has 1 atom stereocenters. The Morgan fingerprint density at radius 1 is 1.31 bits per heavy atom. The summed E-state index contributed by atoms with van der Waals surface area (Å²) in [6, 6.07) is 9.00. The van der Waals surface area contributed by atoms with Crippen molar-refractivity contribution in [3.63, 3.8) is 0 Å². The van der Waals surface area contributed by atoms with Crippen molar-refractivity contribution in [2.75, 3.05) is 24.7 Å². The zero-order valence-corrected chi connectivity index (χ0v) is 15.4. The SMILES string of the molecule is CS(=O)(=O)NCc1ccc(NC(=O)c2ccn(C3CCCNC3)n2)cc1. The minimum Gasteiger partial charge on any atom is -0.321 e. The molecule has 140 valence electrons. The molecule has 0 radical (unpaired) electrons. The van der Waals surface area contributed by atoms with Gasteiger partial charge in [-0.3, -0.25) is 9.48 Å². The normalized spacial score (nSPS) is 17.8. The Bertz CT molecular complexity index is 855. The zero-order valence-electron chi connectivity index (χ0n) is 14.6. The Labute approximate surface area is 153 Å². The van der Waals surface area contributed by atoms with Crippen molar-refractivity contribution in [1.82, 2.24) is 19.8 Å². The van der Waals surface area contributed by atoms with E-state index in [0.717, 1.165) is 37.8 Å². The maximum absolute atomic E-state index is 12.4. The molecule has 9 heteroatoms. The quantitative estimate of drug-likeness (QED) is 0.699. The van der Waals surface area contributed by atoms with Crippen LogP contribution in [0.4, 0.5) is 5.69 Å². The fraction of sp³-hybridized carbons (Fsp3) is 0.412. The number of anilines is 1. The molecule has 1 saturated heterocycles. The van der Waals surface area contributed by atoms with Gasteiger partial charge in [0.25, 0.3) is 5.91 Å². The van der Waals surface area contributed by atoms with Gasteiger partial charge in [0.05, 0.1) is 12.3 Å². The van der Waals surface area contributed by atoms with E-state index in [1.54, 1.807) is 30.3 Å². The van der Waals surface area contributed by atoms with Crippen molar-refractivity contribution in [2.24, 2.45) is 0 Å². The highest BCUT2D eigenvalue weighted by atomic mass is 32.2. The largest absolute Gasteiger partial charge is 0.321 e. The first-order chi connectivity index (χ1) is 12.4. The topological polar surface area (TPSA) is 105 Å². The molecule has 0 aliphatic carbocycles. The third kappa shape index (κ3) is 5.13. The second-order valence-electron chi connectivity index (χ2n) is 6.43. The summed E-state index contributed by atoms with van der Waals surface area (Å²) >= 11 is 0. The highest BCUT2D eigenvalue weighted by molar-refractivity contribution is 7.88. The summed E-state index contributed by atoms with van der Waals surface area (Å²) in [4.78, 5) is 12.4. The van der Waals surface area contributed by atoms with E-state index >= 15 is 0 Å². The van der Waals surface area contributed by atoms with Gasteiger partial charge in [-0.15, -0.1) is 0 Å². The minimum atomic E-state index is -3.23. The lowest BCUT2D eigenvalue weighted by Gasteiger charge is -2.22. The van der Waals surface area contributed by atoms with Gasteiger partial charge in [-0.05, 0) is 43.1 Å². The van der Waals surface area contributed by atoms with Crippen LogP contribution >= 0.6 is 0 Å². The van der Waals surface area contributed by atoms with E-state index in [0.29, 0.717) is 11.4 Å². The van der Waals surface area contributed by atoms with Crippen LogP contribution in [0.15, 0.2) is 36.5 Å². The van der Waals surface area contributed by atoms with E-state index < -0.39 is 10.0 Å². The van der Waals surface area contributed by atoms with Gasteiger partial charge in [0.1, 0.15) is 0 Å². The van der Waals surface area contributed by atoms with Crippen LogP contribution in [-0.4, -0.2) is 43.5 Å². The monoisotopic (exact) mass is 377 g/mol. The van der Waals surface area contributed by atoms with Gasteiger partial charge in [-0.1, -0.05) is 12.1 Å².